The van der Waals surface area contributed by atoms with Crippen LogP contribution in [-0.4, -0.2) is 25.4 Å². The number of hydrogen-bond acceptors (Lipinski definition) is 7. The van der Waals surface area contributed by atoms with Crippen LogP contribution in [0.15, 0.2) is 70.5 Å². The molecule has 0 atom stereocenters. The Bertz CT molecular complexity index is 1730. The Labute approximate surface area is 234 Å². The summed E-state index contributed by atoms with van der Waals surface area (Å²) in [6.45, 7) is 0. The van der Waals surface area contributed by atoms with Gasteiger partial charge in [0.15, 0.2) is 17.0 Å². The van der Waals surface area contributed by atoms with Gasteiger partial charge in [-0.15, -0.1) is 11.3 Å². The minimum absolute atomic E-state index is 0.00648. The number of nitrogens with one attached hydrogen (secondary N) is 1. The predicted octanol–water partition coefficient (Wildman–Crippen LogP) is 7.85. The van der Waals surface area contributed by atoms with E-state index in [-0.39, 0.29) is 22.8 Å². The Balaban J connectivity index is 1.52. The Morgan fingerprint density at radius 3 is 2.51 bits per heavy atom. The molecule has 198 valence electrons. The number of nitrogens with zero attached hydrogens (tertiary/aromatic N) is 4. The van der Waals surface area contributed by atoms with Gasteiger partial charge in [-0.2, -0.15) is 18.3 Å². The predicted molar refractivity (Wildman–Crippen MR) is 142 cm³/mol. The lowest BCUT2D eigenvalue weighted by Gasteiger charge is -2.10. The number of nitro groups is 1. The number of anilines is 1. The molecule has 5 rings (SSSR count). The molecule has 0 bridgehead atoms. The molecule has 0 fully saturated rings. The Kier molecular flexibility index (Phi) is 7.01. The van der Waals surface area contributed by atoms with Crippen LogP contribution in [0.1, 0.15) is 16.2 Å². The topological polar surface area (TPSA) is 112 Å². The number of non-ortho nitro benzene ring substituents is 1. The van der Waals surface area contributed by atoms with Crippen LogP contribution in [0.4, 0.5) is 24.5 Å². The molecule has 0 spiro atoms. The molecular weight excluding hydrogens is 627 g/mol. The molecule has 0 aliphatic rings. The molecule has 0 aliphatic carbocycles. The molecule has 0 radical (unpaired) electrons. The van der Waals surface area contributed by atoms with Gasteiger partial charge in [0, 0.05) is 16.6 Å². The fraction of sp³-hybridized carbons (Fsp3) is 0.0417. The van der Waals surface area contributed by atoms with Gasteiger partial charge in [-0.3, -0.25) is 14.9 Å². The highest BCUT2D eigenvalue weighted by Crippen LogP contribution is 2.36. The first-order chi connectivity index (χ1) is 18.5. The summed E-state index contributed by atoms with van der Waals surface area (Å²) in [6.07, 6.45) is -4.84. The first-order valence-electron chi connectivity index (χ1n) is 10.7. The van der Waals surface area contributed by atoms with E-state index in [1.807, 2.05) is 0 Å². The zero-order valence-electron chi connectivity index (χ0n) is 19.1. The molecule has 5 aromatic rings. The third-order valence-corrected chi connectivity index (χ3v) is 6.99. The van der Waals surface area contributed by atoms with Gasteiger partial charge in [-0.1, -0.05) is 33.6 Å². The van der Waals surface area contributed by atoms with Crippen LogP contribution < -0.4 is 10.1 Å². The van der Waals surface area contributed by atoms with E-state index in [4.69, 9.17) is 16.3 Å². The van der Waals surface area contributed by atoms with Crippen LogP contribution in [0.5, 0.6) is 11.5 Å². The van der Waals surface area contributed by atoms with Crippen molar-refractivity contribution in [2.45, 2.75) is 6.18 Å². The van der Waals surface area contributed by atoms with Crippen LogP contribution in [0.2, 0.25) is 5.02 Å². The minimum atomic E-state index is -4.84. The minimum Gasteiger partial charge on any atom is -0.457 e. The maximum absolute atomic E-state index is 13.9. The standard InChI is InChI=1S/C24H12BrClF3N5O4S/c25-12-3-5-15(6-4-12)38-16-9-13(8-14(10-16)34(36)37)30-23(35)21-20(26)22-31-17(18-2-1-7-39-18)11-19(24(27,28)29)33(22)32-21/h1-11H,(H,30,35). The number of nitro benzene ring substituents is 1. The fourth-order valence-electron chi connectivity index (χ4n) is 3.54. The van der Waals surface area contributed by atoms with E-state index in [1.165, 1.54) is 17.4 Å². The number of alkyl halides is 3. The molecule has 3 heterocycles. The highest BCUT2D eigenvalue weighted by Gasteiger charge is 2.37. The van der Waals surface area contributed by atoms with Gasteiger partial charge in [0.25, 0.3) is 11.6 Å². The van der Waals surface area contributed by atoms with Crippen molar-refractivity contribution < 1.29 is 27.6 Å². The fourth-order valence-corrected chi connectivity index (χ4v) is 4.73. The summed E-state index contributed by atoms with van der Waals surface area (Å²) in [4.78, 5) is 28.5. The zero-order valence-corrected chi connectivity index (χ0v) is 22.2. The van der Waals surface area contributed by atoms with E-state index in [2.05, 4.69) is 31.3 Å². The summed E-state index contributed by atoms with van der Waals surface area (Å²) in [7, 11) is 0. The maximum Gasteiger partial charge on any atom is 0.433 e. The van der Waals surface area contributed by atoms with Crippen molar-refractivity contribution in [1.29, 1.82) is 0 Å². The number of hydrogen-bond donors (Lipinski definition) is 1. The monoisotopic (exact) mass is 637 g/mol. The third kappa shape index (κ3) is 5.57. The highest BCUT2D eigenvalue weighted by atomic mass is 79.9. The van der Waals surface area contributed by atoms with Gasteiger partial charge in [0.1, 0.15) is 16.5 Å². The molecular formula is C24H12BrClF3N5O4S. The summed E-state index contributed by atoms with van der Waals surface area (Å²) < 4.78 is 48.6. The average molecular weight is 639 g/mol. The summed E-state index contributed by atoms with van der Waals surface area (Å²) in [6, 6.07) is 14.2. The van der Waals surface area contributed by atoms with Crippen molar-refractivity contribution in [2.75, 3.05) is 5.32 Å². The largest absolute Gasteiger partial charge is 0.457 e. The first kappa shape index (κ1) is 26.6. The quantitative estimate of drug-likeness (QED) is 0.150. The van der Waals surface area contributed by atoms with Crippen molar-refractivity contribution in [3.05, 3.63) is 97.0 Å². The number of rotatable bonds is 6. The number of halogens is 5. The molecule has 1 amide bonds. The van der Waals surface area contributed by atoms with E-state index in [1.54, 1.807) is 41.8 Å². The molecule has 1 N–H and O–H groups in total. The van der Waals surface area contributed by atoms with Crippen molar-refractivity contribution in [3.63, 3.8) is 0 Å². The zero-order chi connectivity index (χ0) is 27.9. The summed E-state index contributed by atoms with van der Waals surface area (Å²) >= 11 is 10.8. The number of amides is 1. The van der Waals surface area contributed by atoms with Crippen LogP contribution in [0.25, 0.3) is 16.2 Å². The lowest BCUT2D eigenvalue weighted by molar-refractivity contribution is -0.384. The van der Waals surface area contributed by atoms with Crippen molar-refractivity contribution in [1.82, 2.24) is 14.6 Å². The normalized spacial score (nSPS) is 11.5. The molecule has 2 aromatic carbocycles. The lowest BCUT2D eigenvalue weighted by Crippen LogP contribution is -2.16. The van der Waals surface area contributed by atoms with Crippen LogP contribution in [0.3, 0.4) is 0 Å². The van der Waals surface area contributed by atoms with E-state index in [0.29, 0.717) is 15.1 Å². The summed E-state index contributed by atoms with van der Waals surface area (Å²) in [5, 5.41) is 18.9. The summed E-state index contributed by atoms with van der Waals surface area (Å²) in [5.74, 6) is -0.609. The van der Waals surface area contributed by atoms with Crippen LogP contribution in [-0.2, 0) is 6.18 Å². The maximum atomic E-state index is 13.9. The summed E-state index contributed by atoms with van der Waals surface area (Å²) in [5.41, 5.74) is -2.58. The molecule has 3 aromatic heterocycles. The smallest absolute Gasteiger partial charge is 0.433 e. The SMILES string of the molecule is O=C(Nc1cc(Oc2ccc(Br)cc2)cc([N+](=O)[O-])c1)c1nn2c(C(F)(F)F)cc(-c3cccs3)nc2c1Cl. The number of carbonyl (C=O) groups is 1. The average Bonchev–Trinajstić information content (AvgIpc) is 3.53. The van der Waals surface area contributed by atoms with Gasteiger partial charge >= 0.3 is 6.18 Å². The van der Waals surface area contributed by atoms with E-state index >= 15 is 0 Å². The van der Waals surface area contributed by atoms with Gasteiger partial charge in [-0.05, 0) is 41.8 Å². The molecule has 0 saturated heterocycles. The third-order valence-electron chi connectivity index (χ3n) is 5.22. The van der Waals surface area contributed by atoms with Gasteiger partial charge in [0.2, 0.25) is 0 Å². The number of fused-ring (bicyclic) bond motifs is 1. The number of aromatic nitrogens is 3. The molecule has 15 heteroatoms. The number of carbonyl (C=O) groups excluding carboxylic acids is 1. The molecule has 0 aliphatic heterocycles. The molecule has 0 saturated carbocycles. The Hall–Kier alpha value is -4.01. The molecule has 9 nitrogen and oxygen atoms in total. The van der Waals surface area contributed by atoms with E-state index in [0.717, 1.165) is 22.7 Å². The highest BCUT2D eigenvalue weighted by molar-refractivity contribution is 9.10. The van der Waals surface area contributed by atoms with E-state index < -0.39 is 39.1 Å². The number of ether oxygens (including phenoxy) is 1. The van der Waals surface area contributed by atoms with Crippen molar-refractivity contribution >= 4 is 61.8 Å². The van der Waals surface area contributed by atoms with Crippen LogP contribution in [0, 0.1) is 10.1 Å². The van der Waals surface area contributed by atoms with Crippen molar-refractivity contribution in [3.8, 4) is 22.1 Å². The Morgan fingerprint density at radius 2 is 1.87 bits per heavy atom. The van der Waals surface area contributed by atoms with Gasteiger partial charge in [0.05, 0.1) is 27.2 Å². The number of thiophene rings is 1. The molecule has 0 unspecified atom stereocenters. The second kappa shape index (κ2) is 10.3. The first-order valence-corrected chi connectivity index (χ1v) is 12.8. The number of benzene rings is 2. The van der Waals surface area contributed by atoms with Crippen molar-refractivity contribution in [2.24, 2.45) is 0 Å². The molecule has 39 heavy (non-hydrogen) atoms. The second-order valence-electron chi connectivity index (χ2n) is 7.88. The Morgan fingerprint density at radius 1 is 1.13 bits per heavy atom. The second-order valence-corrected chi connectivity index (χ2v) is 10.1. The van der Waals surface area contributed by atoms with Crippen LogP contribution >= 0.6 is 38.9 Å². The van der Waals surface area contributed by atoms with Gasteiger partial charge in [-0.25, -0.2) is 9.50 Å². The lowest BCUT2D eigenvalue weighted by atomic mass is 10.2. The van der Waals surface area contributed by atoms with Gasteiger partial charge < -0.3 is 10.1 Å². The van der Waals surface area contributed by atoms with E-state index in [9.17, 15) is 28.1 Å².